The SMILES string of the molecule is COc1ccc(/C=C2\Oc3cc(OCc4ccc([N+](=O)[O-])cc4)ccc3C2=O)cc1OC. The van der Waals surface area contributed by atoms with Gasteiger partial charge < -0.3 is 18.9 Å². The molecule has 0 spiro atoms. The van der Waals surface area contributed by atoms with Crippen molar-refractivity contribution in [3.8, 4) is 23.0 Å². The Morgan fingerprint density at radius 1 is 0.969 bits per heavy atom. The highest BCUT2D eigenvalue weighted by Crippen LogP contribution is 2.36. The van der Waals surface area contributed by atoms with E-state index in [-0.39, 0.29) is 23.8 Å². The van der Waals surface area contributed by atoms with E-state index in [0.29, 0.717) is 28.6 Å². The van der Waals surface area contributed by atoms with Crippen LogP contribution >= 0.6 is 0 Å². The zero-order valence-corrected chi connectivity index (χ0v) is 17.4. The van der Waals surface area contributed by atoms with E-state index in [0.717, 1.165) is 11.1 Å². The number of rotatable bonds is 7. The van der Waals surface area contributed by atoms with Crippen molar-refractivity contribution in [2.75, 3.05) is 14.2 Å². The van der Waals surface area contributed by atoms with Crippen LogP contribution in [-0.2, 0) is 6.61 Å². The molecule has 0 bridgehead atoms. The topological polar surface area (TPSA) is 97.1 Å². The first kappa shape index (κ1) is 20.9. The van der Waals surface area contributed by atoms with Crippen molar-refractivity contribution < 1.29 is 28.7 Å². The number of carbonyl (C=O) groups excluding carboxylic acids is 1. The number of Topliss-reactive ketones (excluding diaryl/α,β-unsaturated/α-hetero) is 1. The largest absolute Gasteiger partial charge is 0.493 e. The molecule has 3 aromatic carbocycles. The number of hydrogen-bond donors (Lipinski definition) is 0. The van der Waals surface area contributed by atoms with Gasteiger partial charge in [-0.25, -0.2) is 0 Å². The van der Waals surface area contributed by atoms with E-state index in [1.165, 1.54) is 12.1 Å². The number of ether oxygens (including phenoxy) is 4. The number of nitro groups is 1. The summed E-state index contributed by atoms with van der Waals surface area (Å²) >= 11 is 0. The van der Waals surface area contributed by atoms with E-state index in [9.17, 15) is 14.9 Å². The summed E-state index contributed by atoms with van der Waals surface area (Å²) in [7, 11) is 3.09. The molecular weight excluding hydrogens is 414 g/mol. The molecule has 0 aliphatic carbocycles. The van der Waals surface area contributed by atoms with Gasteiger partial charge in [-0.1, -0.05) is 6.07 Å². The van der Waals surface area contributed by atoms with Crippen molar-refractivity contribution in [2.45, 2.75) is 6.61 Å². The van der Waals surface area contributed by atoms with Crippen LogP contribution in [0, 0.1) is 10.1 Å². The van der Waals surface area contributed by atoms with Gasteiger partial charge in [-0.2, -0.15) is 0 Å². The Morgan fingerprint density at radius 2 is 1.72 bits per heavy atom. The number of nitrogens with zero attached hydrogens (tertiary/aromatic N) is 1. The fourth-order valence-electron chi connectivity index (χ4n) is 3.23. The lowest BCUT2D eigenvalue weighted by Crippen LogP contribution is -1.98. The monoisotopic (exact) mass is 433 g/mol. The molecule has 0 N–H and O–H groups in total. The number of carbonyl (C=O) groups is 1. The fourth-order valence-corrected chi connectivity index (χ4v) is 3.23. The van der Waals surface area contributed by atoms with E-state index >= 15 is 0 Å². The number of allylic oxidation sites excluding steroid dienone is 1. The van der Waals surface area contributed by atoms with Gasteiger partial charge in [0.15, 0.2) is 17.3 Å². The first-order valence-electron chi connectivity index (χ1n) is 9.65. The van der Waals surface area contributed by atoms with Crippen molar-refractivity contribution in [2.24, 2.45) is 0 Å². The first-order valence-corrected chi connectivity index (χ1v) is 9.65. The van der Waals surface area contributed by atoms with Crippen LogP contribution in [0.1, 0.15) is 21.5 Å². The quantitative estimate of drug-likeness (QED) is 0.300. The van der Waals surface area contributed by atoms with Crippen molar-refractivity contribution >= 4 is 17.5 Å². The molecule has 4 rings (SSSR count). The minimum absolute atomic E-state index is 0.0204. The molecule has 0 unspecified atom stereocenters. The van der Waals surface area contributed by atoms with Crippen molar-refractivity contribution in [1.29, 1.82) is 0 Å². The third-order valence-corrected chi connectivity index (χ3v) is 4.90. The highest BCUT2D eigenvalue weighted by molar-refractivity contribution is 6.14. The van der Waals surface area contributed by atoms with Crippen molar-refractivity contribution in [3.05, 3.63) is 93.2 Å². The molecule has 8 heteroatoms. The summed E-state index contributed by atoms with van der Waals surface area (Å²) in [6.45, 7) is 0.221. The standard InChI is InChI=1S/C24H19NO7/c1-29-20-10-5-16(11-22(20)30-2)12-23-24(26)19-9-8-18(13-21(19)32-23)31-14-15-3-6-17(7-4-15)25(27)28/h3-13H,14H2,1-2H3/b23-12-. The second-order valence-electron chi connectivity index (χ2n) is 6.92. The maximum atomic E-state index is 12.7. The van der Waals surface area contributed by atoms with E-state index in [4.69, 9.17) is 18.9 Å². The highest BCUT2D eigenvalue weighted by Gasteiger charge is 2.28. The molecule has 3 aromatic rings. The smallest absolute Gasteiger partial charge is 0.269 e. The molecule has 0 saturated heterocycles. The van der Waals surface area contributed by atoms with Gasteiger partial charge in [-0.3, -0.25) is 14.9 Å². The number of non-ortho nitro benzene ring substituents is 1. The minimum Gasteiger partial charge on any atom is -0.493 e. The molecule has 1 aliphatic heterocycles. The van der Waals surface area contributed by atoms with Gasteiger partial charge in [0.1, 0.15) is 18.1 Å². The second kappa shape index (κ2) is 8.81. The molecule has 0 amide bonds. The second-order valence-corrected chi connectivity index (χ2v) is 6.92. The predicted molar refractivity (Wildman–Crippen MR) is 116 cm³/mol. The van der Waals surface area contributed by atoms with E-state index < -0.39 is 4.92 Å². The van der Waals surface area contributed by atoms with E-state index in [1.54, 1.807) is 68.8 Å². The molecule has 32 heavy (non-hydrogen) atoms. The number of nitro benzene ring substituents is 1. The maximum absolute atomic E-state index is 12.7. The van der Waals surface area contributed by atoms with Gasteiger partial charge in [0.05, 0.1) is 24.7 Å². The summed E-state index contributed by atoms with van der Waals surface area (Å²) in [5.74, 6) is 2.03. The summed E-state index contributed by atoms with van der Waals surface area (Å²) in [6, 6.07) is 16.4. The zero-order valence-electron chi connectivity index (χ0n) is 17.4. The molecule has 0 radical (unpaired) electrons. The Bertz CT molecular complexity index is 1220. The zero-order chi connectivity index (χ0) is 22.7. The summed E-state index contributed by atoms with van der Waals surface area (Å²) in [5.41, 5.74) is 1.97. The molecule has 0 aromatic heterocycles. The van der Waals surface area contributed by atoms with Crippen LogP contribution in [-0.4, -0.2) is 24.9 Å². The third-order valence-electron chi connectivity index (χ3n) is 4.90. The maximum Gasteiger partial charge on any atom is 0.269 e. The molecular formula is C24H19NO7. The van der Waals surface area contributed by atoms with Crippen LogP contribution in [0.15, 0.2) is 66.4 Å². The van der Waals surface area contributed by atoms with Gasteiger partial charge in [0.2, 0.25) is 5.78 Å². The number of methoxy groups -OCH3 is 2. The molecule has 8 nitrogen and oxygen atoms in total. The van der Waals surface area contributed by atoms with Crippen LogP contribution in [0.4, 0.5) is 5.69 Å². The summed E-state index contributed by atoms with van der Waals surface area (Å²) in [5, 5.41) is 10.7. The Kier molecular flexibility index (Phi) is 5.76. The fraction of sp³-hybridized carbons (Fsp3) is 0.125. The number of ketones is 1. The van der Waals surface area contributed by atoms with Crippen molar-refractivity contribution in [1.82, 2.24) is 0 Å². The normalized spacial score (nSPS) is 13.4. The number of hydrogen-bond acceptors (Lipinski definition) is 7. The molecule has 162 valence electrons. The van der Waals surface area contributed by atoms with Crippen molar-refractivity contribution in [3.63, 3.8) is 0 Å². The molecule has 0 saturated carbocycles. The summed E-state index contributed by atoms with van der Waals surface area (Å²) in [6.07, 6.45) is 1.64. The lowest BCUT2D eigenvalue weighted by Gasteiger charge is -2.08. The molecule has 0 atom stereocenters. The van der Waals surface area contributed by atoms with E-state index in [1.807, 2.05) is 0 Å². The van der Waals surface area contributed by atoms with Gasteiger partial charge in [-0.15, -0.1) is 0 Å². The first-order chi connectivity index (χ1) is 15.5. The average Bonchev–Trinajstić information content (AvgIpc) is 3.12. The Morgan fingerprint density at radius 3 is 2.41 bits per heavy atom. The molecule has 1 aliphatic rings. The summed E-state index contributed by atoms with van der Waals surface area (Å²) in [4.78, 5) is 23.0. The highest BCUT2D eigenvalue weighted by atomic mass is 16.6. The van der Waals surface area contributed by atoms with Crippen LogP contribution < -0.4 is 18.9 Å². The Balaban J connectivity index is 1.48. The van der Waals surface area contributed by atoms with Crippen LogP contribution in [0.2, 0.25) is 0 Å². The lowest BCUT2D eigenvalue weighted by atomic mass is 10.1. The number of benzene rings is 3. The Labute approximate surface area is 183 Å². The van der Waals surface area contributed by atoms with Crippen LogP contribution in [0.5, 0.6) is 23.0 Å². The molecule has 0 fully saturated rings. The molecule has 1 heterocycles. The minimum atomic E-state index is -0.452. The van der Waals surface area contributed by atoms with Crippen LogP contribution in [0.3, 0.4) is 0 Å². The third kappa shape index (κ3) is 4.24. The lowest BCUT2D eigenvalue weighted by molar-refractivity contribution is -0.384. The van der Waals surface area contributed by atoms with Crippen LogP contribution in [0.25, 0.3) is 6.08 Å². The predicted octanol–water partition coefficient (Wildman–Crippen LogP) is 4.81. The van der Waals surface area contributed by atoms with Gasteiger partial charge in [-0.05, 0) is 53.6 Å². The number of fused-ring (bicyclic) bond motifs is 1. The van der Waals surface area contributed by atoms with Gasteiger partial charge in [0.25, 0.3) is 5.69 Å². The Hall–Kier alpha value is -4.33. The average molecular weight is 433 g/mol. The summed E-state index contributed by atoms with van der Waals surface area (Å²) < 4.78 is 22.1. The van der Waals surface area contributed by atoms with Gasteiger partial charge in [0, 0.05) is 18.2 Å². The van der Waals surface area contributed by atoms with E-state index in [2.05, 4.69) is 0 Å². The van der Waals surface area contributed by atoms with Gasteiger partial charge >= 0.3 is 0 Å².